The quantitative estimate of drug-likeness (QED) is 0.594. The first kappa shape index (κ1) is 16.3. The molecule has 3 rings (SSSR count). The number of carbonyl (C=O) groups is 1. The van der Waals surface area contributed by atoms with Crippen LogP contribution in [0.4, 0.5) is 0 Å². The predicted molar refractivity (Wildman–Crippen MR) is 96.9 cm³/mol. The maximum absolute atomic E-state index is 11.0. The normalized spacial score (nSPS) is 11.0. The molecule has 2 nitrogen and oxygen atoms in total. The molecule has 0 atom stereocenters. The van der Waals surface area contributed by atoms with Crippen molar-refractivity contribution in [2.45, 2.75) is 33.6 Å². The maximum atomic E-state index is 11.0. The zero-order valence-electron chi connectivity index (χ0n) is 14.6. The number of rotatable bonds is 4. The summed E-state index contributed by atoms with van der Waals surface area (Å²) in [6.07, 6.45) is 0.751. The summed E-state index contributed by atoms with van der Waals surface area (Å²) < 4.78 is 5.78. The first-order valence-electron chi connectivity index (χ1n) is 8.19. The van der Waals surface area contributed by atoms with E-state index in [2.05, 4.69) is 64.1 Å². The van der Waals surface area contributed by atoms with Crippen LogP contribution in [0.2, 0.25) is 0 Å². The topological polar surface area (TPSA) is 30.2 Å². The number of furan rings is 1. The number of hydrogen-bond acceptors (Lipinski definition) is 2. The monoisotopic (exact) mass is 318 g/mol. The molecule has 2 heteroatoms. The van der Waals surface area contributed by atoms with Crippen molar-refractivity contribution in [3.8, 4) is 0 Å². The Kier molecular flexibility index (Phi) is 4.39. The smallest absolute Gasteiger partial charge is 0.185 e. The van der Waals surface area contributed by atoms with Crippen LogP contribution in [0.15, 0.2) is 52.9 Å². The van der Waals surface area contributed by atoms with E-state index in [-0.39, 0.29) is 5.92 Å². The first-order valence-corrected chi connectivity index (χ1v) is 8.19. The van der Waals surface area contributed by atoms with Gasteiger partial charge in [0.1, 0.15) is 5.76 Å². The molecule has 1 aromatic heterocycles. The van der Waals surface area contributed by atoms with Gasteiger partial charge in [0.05, 0.1) is 5.92 Å². The Morgan fingerprint density at radius 3 is 1.71 bits per heavy atom. The number of benzene rings is 2. The molecule has 0 radical (unpaired) electrons. The minimum absolute atomic E-state index is 0.0164. The van der Waals surface area contributed by atoms with E-state index >= 15 is 0 Å². The molecule has 0 aliphatic carbocycles. The predicted octanol–water partition coefficient (Wildman–Crippen LogP) is 5.51. The number of aryl methyl sites for hydroxylation is 4. The largest absolute Gasteiger partial charge is 0.457 e. The number of aldehydes is 1. The second-order valence-electron chi connectivity index (χ2n) is 6.48. The van der Waals surface area contributed by atoms with Crippen molar-refractivity contribution in [2.24, 2.45) is 0 Å². The first-order chi connectivity index (χ1) is 11.5. The van der Waals surface area contributed by atoms with Gasteiger partial charge >= 0.3 is 0 Å². The van der Waals surface area contributed by atoms with Crippen LogP contribution in [0, 0.1) is 27.7 Å². The van der Waals surface area contributed by atoms with Crippen LogP contribution < -0.4 is 0 Å². The van der Waals surface area contributed by atoms with E-state index in [1.165, 1.54) is 33.4 Å². The van der Waals surface area contributed by atoms with E-state index < -0.39 is 0 Å². The van der Waals surface area contributed by atoms with Crippen molar-refractivity contribution < 1.29 is 9.21 Å². The molecule has 0 aliphatic heterocycles. The van der Waals surface area contributed by atoms with Crippen LogP contribution in [0.1, 0.15) is 55.6 Å². The lowest BCUT2D eigenvalue weighted by Crippen LogP contribution is -2.04. The molecule has 2 aromatic carbocycles. The van der Waals surface area contributed by atoms with Gasteiger partial charge in [-0.05, 0) is 73.2 Å². The molecule has 0 amide bonds. The van der Waals surface area contributed by atoms with Crippen molar-refractivity contribution in [1.29, 1.82) is 0 Å². The standard InChI is InChI=1S/C22H22O2/c1-14-5-7-18(11-16(14)3)22(21-10-9-20(13-23)24-21)19-8-6-15(2)17(4)12-19/h5-13,22H,1-4H3. The van der Waals surface area contributed by atoms with E-state index in [0.29, 0.717) is 5.76 Å². The molecule has 0 N–H and O–H groups in total. The minimum atomic E-state index is -0.0164. The van der Waals surface area contributed by atoms with Crippen molar-refractivity contribution in [1.82, 2.24) is 0 Å². The van der Waals surface area contributed by atoms with Gasteiger partial charge in [-0.2, -0.15) is 0 Å². The van der Waals surface area contributed by atoms with Crippen LogP contribution in [-0.2, 0) is 0 Å². The molecule has 3 aromatic rings. The summed E-state index contributed by atoms with van der Waals surface area (Å²) in [6, 6.07) is 16.6. The SMILES string of the molecule is Cc1ccc(C(c2ccc(C)c(C)c2)c2ccc(C=O)o2)cc1C. The van der Waals surface area contributed by atoms with Crippen LogP contribution in [0.25, 0.3) is 0 Å². The summed E-state index contributed by atoms with van der Waals surface area (Å²) in [5.41, 5.74) is 7.39. The Hall–Kier alpha value is -2.61. The van der Waals surface area contributed by atoms with E-state index in [1.54, 1.807) is 6.07 Å². The zero-order valence-corrected chi connectivity index (χ0v) is 14.6. The summed E-state index contributed by atoms with van der Waals surface area (Å²) in [4.78, 5) is 11.0. The Morgan fingerprint density at radius 2 is 1.29 bits per heavy atom. The summed E-state index contributed by atoms with van der Waals surface area (Å²) in [7, 11) is 0. The second-order valence-corrected chi connectivity index (χ2v) is 6.48. The molecule has 0 bridgehead atoms. The molecule has 24 heavy (non-hydrogen) atoms. The molecule has 0 saturated carbocycles. The average Bonchev–Trinajstić information content (AvgIpc) is 3.03. The minimum Gasteiger partial charge on any atom is -0.457 e. The van der Waals surface area contributed by atoms with Crippen molar-refractivity contribution in [2.75, 3.05) is 0 Å². The lowest BCUT2D eigenvalue weighted by atomic mass is 9.86. The average molecular weight is 318 g/mol. The van der Waals surface area contributed by atoms with Crippen LogP contribution in [-0.4, -0.2) is 6.29 Å². The lowest BCUT2D eigenvalue weighted by Gasteiger charge is -2.18. The van der Waals surface area contributed by atoms with Gasteiger partial charge in [-0.15, -0.1) is 0 Å². The van der Waals surface area contributed by atoms with Crippen LogP contribution in [0.5, 0.6) is 0 Å². The van der Waals surface area contributed by atoms with Gasteiger partial charge in [0.25, 0.3) is 0 Å². The summed E-state index contributed by atoms with van der Waals surface area (Å²) in [5.74, 6) is 1.14. The molecule has 0 spiro atoms. The fourth-order valence-corrected chi connectivity index (χ4v) is 3.00. The third-order valence-corrected chi connectivity index (χ3v) is 4.78. The fraction of sp³-hybridized carbons (Fsp3) is 0.227. The Morgan fingerprint density at radius 1 is 0.750 bits per heavy atom. The number of carbonyl (C=O) groups excluding carboxylic acids is 1. The Balaban J connectivity index is 2.17. The van der Waals surface area contributed by atoms with Crippen molar-refractivity contribution in [3.05, 3.63) is 93.4 Å². The number of hydrogen-bond donors (Lipinski definition) is 0. The summed E-state index contributed by atoms with van der Waals surface area (Å²) >= 11 is 0. The highest BCUT2D eigenvalue weighted by Crippen LogP contribution is 2.34. The van der Waals surface area contributed by atoms with Crippen molar-refractivity contribution in [3.63, 3.8) is 0 Å². The third kappa shape index (κ3) is 3.05. The van der Waals surface area contributed by atoms with Crippen molar-refractivity contribution >= 4 is 6.29 Å². The summed E-state index contributed by atoms with van der Waals surface area (Å²) in [6.45, 7) is 8.47. The van der Waals surface area contributed by atoms with Gasteiger partial charge in [-0.25, -0.2) is 0 Å². The van der Waals surface area contributed by atoms with Gasteiger partial charge < -0.3 is 4.42 Å². The summed E-state index contributed by atoms with van der Waals surface area (Å²) in [5, 5.41) is 0. The van der Waals surface area contributed by atoms with E-state index in [0.717, 1.165) is 12.0 Å². The Bertz CT molecular complexity index is 835. The van der Waals surface area contributed by atoms with Crippen LogP contribution in [0.3, 0.4) is 0 Å². The van der Waals surface area contributed by atoms with Gasteiger partial charge in [-0.3, -0.25) is 4.79 Å². The molecule has 1 heterocycles. The molecule has 0 saturated heterocycles. The van der Waals surface area contributed by atoms with Gasteiger partial charge in [0.15, 0.2) is 12.0 Å². The Labute approximate surface area is 143 Å². The van der Waals surface area contributed by atoms with Gasteiger partial charge in [0.2, 0.25) is 0 Å². The highest BCUT2D eigenvalue weighted by molar-refractivity contribution is 5.70. The van der Waals surface area contributed by atoms with E-state index in [1.807, 2.05) is 6.07 Å². The van der Waals surface area contributed by atoms with Gasteiger partial charge in [-0.1, -0.05) is 36.4 Å². The fourth-order valence-electron chi connectivity index (χ4n) is 3.00. The molecular weight excluding hydrogens is 296 g/mol. The second kappa shape index (κ2) is 6.48. The highest BCUT2D eigenvalue weighted by atomic mass is 16.3. The molecular formula is C22H22O2. The zero-order chi connectivity index (χ0) is 17.3. The molecule has 0 unspecified atom stereocenters. The molecule has 122 valence electrons. The highest BCUT2D eigenvalue weighted by Gasteiger charge is 2.21. The molecule has 0 aliphatic rings. The van der Waals surface area contributed by atoms with E-state index in [4.69, 9.17) is 4.42 Å². The van der Waals surface area contributed by atoms with Gasteiger partial charge in [0, 0.05) is 0 Å². The molecule has 0 fully saturated rings. The van der Waals surface area contributed by atoms with E-state index in [9.17, 15) is 4.79 Å². The maximum Gasteiger partial charge on any atom is 0.185 e. The van der Waals surface area contributed by atoms with Crippen LogP contribution >= 0.6 is 0 Å². The lowest BCUT2D eigenvalue weighted by molar-refractivity contribution is 0.109. The third-order valence-electron chi connectivity index (χ3n) is 4.78.